The van der Waals surface area contributed by atoms with Crippen LogP contribution >= 0.6 is 0 Å². The van der Waals surface area contributed by atoms with Crippen molar-refractivity contribution in [2.75, 3.05) is 0 Å². The lowest BCUT2D eigenvalue weighted by Crippen LogP contribution is -1.91. The number of nitrogens with zero attached hydrogens (tertiary/aromatic N) is 1. The number of H-pyrrole nitrogens is 1. The van der Waals surface area contributed by atoms with Crippen molar-refractivity contribution in [3.8, 4) is 0 Å². The summed E-state index contributed by atoms with van der Waals surface area (Å²) in [7, 11) is 0. The maximum Gasteiger partial charge on any atom is 0.0879 e. The molecule has 1 aromatic heterocycles. The van der Waals surface area contributed by atoms with Crippen LogP contribution < -0.4 is 0 Å². The SMILES string of the molecule is Cc1cc(C2=CCCCC2)n[nH]1. The Morgan fingerprint density at radius 2 is 2.33 bits per heavy atom. The first kappa shape index (κ1) is 7.59. The van der Waals surface area contributed by atoms with E-state index in [1.54, 1.807) is 0 Å². The van der Waals surface area contributed by atoms with Crippen molar-refractivity contribution in [3.05, 3.63) is 23.5 Å². The Morgan fingerprint density at radius 1 is 1.42 bits per heavy atom. The predicted octanol–water partition coefficient (Wildman–Crippen LogP) is 2.68. The van der Waals surface area contributed by atoms with E-state index in [2.05, 4.69) is 22.3 Å². The summed E-state index contributed by atoms with van der Waals surface area (Å²) in [5.41, 5.74) is 3.72. The van der Waals surface area contributed by atoms with Gasteiger partial charge < -0.3 is 0 Å². The van der Waals surface area contributed by atoms with E-state index in [0.717, 1.165) is 11.4 Å². The monoisotopic (exact) mass is 162 g/mol. The first-order valence-corrected chi connectivity index (χ1v) is 4.58. The molecule has 0 saturated heterocycles. The van der Waals surface area contributed by atoms with Gasteiger partial charge in [0.15, 0.2) is 0 Å². The standard InChI is InChI=1S/C10H14N2/c1-8-7-10(12-11-8)9-5-3-2-4-6-9/h5,7H,2-4,6H2,1H3,(H,11,12). The Labute approximate surface area is 72.7 Å². The molecule has 12 heavy (non-hydrogen) atoms. The molecular formula is C10H14N2. The predicted molar refractivity (Wildman–Crippen MR) is 49.8 cm³/mol. The van der Waals surface area contributed by atoms with Crippen molar-refractivity contribution >= 4 is 5.57 Å². The van der Waals surface area contributed by atoms with E-state index in [-0.39, 0.29) is 0 Å². The third kappa shape index (κ3) is 1.42. The van der Waals surface area contributed by atoms with Crippen molar-refractivity contribution in [2.24, 2.45) is 0 Å². The Balaban J connectivity index is 2.23. The van der Waals surface area contributed by atoms with E-state index in [1.807, 2.05) is 6.92 Å². The van der Waals surface area contributed by atoms with Gasteiger partial charge in [0.05, 0.1) is 5.69 Å². The van der Waals surface area contributed by atoms with E-state index in [4.69, 9.17) is 0 Å². The van der Waals surface area contributed by atoms with Crippen LogP contribution in [0, 0.1) is 6.92 Å². The van der Waals surface area contributed by atoms with Gasteiger partial charge in [-0.1, -0.05) is 6.08 Å². The molecule has 0 amide bonds. The summed E-state index contributed by atoms with van der Waals surface area (Å²) in [6.45, 7) is 2.04. The fourth-order valence-electron chi connectivity index (χ4n) is 1.65. The molecule has 2 nitrogen and oxygen atoms in total. The molecular weight excluding hydrogens is 148 g/mol. The van der Waals surface area contributed by atoms with E-state index >= 15 is 0 Å². The van der Waals surface area contributed by atoms with E-state index in [9.17, 15) is 0 Å². The van der Waals surface area contributed by atoms with Crippen molar-refractivity contribution < 1.29 is 0 Å². The third-order valence-electron chi connectivity index (χ3n) is 2.33. The molecule has 0 aromatic carbocycles. The molecule has 2 rings (SSSR count). The molecule has 0 fully saturated rings. The second-order valence-electron chi connectivity index (χ2n) is 3.41. The molecule has 0 unspecified atom stereocenters. The van der Waals surface area contributed by atoms with E-state index < -0.39 is 0 Å². The highest BCUT2D eigenvalue weighted by atomic mass is 15.1. The zero-order valence-corrected chi connectivity index (χ0v) is 7.43. The van der Waals surface area contributed by atoms with Gasteiger partial charge in [-0.2, -0.15) is 5.10 Å². The smallest absolute Gasteiger partial charge is 0.0879 e. The average Bonchev–Trinajstić information content (AvgIpc) is 2.54. The zero-order valence-electron chi connectivity index (χ0n) is 7.43. The minimum atomic E-state index is 1.15. The van der Waals surface area contributed by atoms with Crippen molar-refractivity contribution in [1.29, 1.82) is 0 Å². The van der Waals surface area contributed by atoms with Gasteiger partial charge in [0.2, 0.25) is 0 Å². The number of hydrogen-bond acceptors (Lipinski definition) is 1. The maximum absolute atomic E-state index is 4.25. The molecule has 1 aromatic rings. The van der Waals surface area contributed by atoms with Gasteiger partial charge in [-0.05, 0) is 44.2 Å². The summed E-state index contributed by atoms with van der Waals surface area (Å²) >= 11 is 0. The van der Waals surface area contributed by atoms with Crippen LogP contribution in [0.15, 0.2) is 12.1 Å². The lowest BCUT2D eigenvalue weighted by molar-refractivity contribution is 0.739. The molecule has 0 radical (unpaired) electrons. The fraction of sp³-hybridized carbons (Fsp3) is 0.500. The Morgan fingerprint density at radius 3 is 2.92 bits per heavy atom. The van der Waals surface area contributed by atoms with Crippen LogP contribution in [0.3, 0.4) is 0 Å². The summed E-state index contributed by atoms with van der Waals surface area (Å²) in [5.74, 6) is 0. The van der Waals surface area contributed by atoms with Crippen LogP contribution in [-0.4, -0.2) is 10.2 Å². The first-order valence-electron chi connectivity index (χ1n) is 4.58. The quantitative estimate of drug-likeness (QED) is 0.675. The van der Waals surface area contributed by atoms with Crippen molar-refractivity contribution in [3.63, 3.8) is 0 Å². The minimum Gasteiger partial charge on any atom is -0.282 e. The molecule has 0 atom stereocenters. The number of aromatic amines is 1. The number of aromatic nitrogens is 2. The second-order valence-corrected chi connectivity index (χ2v) is 3.41. The molecule has 0 aliphatic heterocycles. The van der Waals surface area contributed by atoms with Gasteiger partial charge >= 0.3 is 0 Å². The highest BCUT2D eigenvalue weighted by Crippen LogP contribution is 2.25. The van der Waals surface area contributed by atoms with Crippen LogP contribution in [0.2, 0.25) is 0 Å². The van der Waals surface area contributed by atoms with Crippen LogP contribution in [0.1, 0.15) is 37.1 Å². The Kier molecular flexibility index (Phi) is 1.98. The number of rotatable bonds is 1. The highest BCUT2D eigenvalue weighted by Gasteiger charge is 2.07. The summed E-state index contributed by atoms with van der Waals surface area (Å²) < 4.78 is 0. The topological polar surface area (TPSA) is 28.7 Å². The van der Waals surface area contributed by atoms with Crippen LogP contribution in [0.5, 0.6) is 0 Å². The minimum absolute atomic E-state index is 1.15. The van der Waals surface area contributed by atoms with Gasteiger partial charge in [0.25, 0.3) is 0 Å². The van der Waals surface area contributed by atoms with Gasteiger partial charge in [-0.15, -0.1) is 0 Å². The molecule has 2 heteroatoms. The second kappa shape index (κ2) is 3.13. The molecule has 1 heterocycles. The van der Waals surface area contributed by atoms with Crippen LogP contribution in [0.4, 0.5) is 0 Å². The van der Waals surface area contributed by atoms with Gasteiger partial charge in [-0.25, -0.2) is 0 Å². The Hall–Kier alpha value is -1.05. The molecule has 1 N–H and O–H groups in total. The largest absolute Gasteiger partial charge is 0.282 e. The molecule has 64 valence electrons. The van der Waals surface area contributed by atoms with Gasteiger partial charge in [0, 0.05) is 5.69 Å². The van der Waals surface area contributed by atoms with Gasteiger partial charge in [-0.3, -0.25) is 5.10 Å². The molecule has 1 aliphatic rings. The lowest BCUT2D eigenvalue weighted by Gasteiger charge is -2.09. The van der Waals surface area contributed by atoms with Crippen LogP contribution in [0.25, 0.3) is 5.57 Å². The zero-order chi connectivity index (χ0) is 8.39. The van der Waals surface area contributed by atoms with E-state index in [0.29, 0.717) is 0 Å². The molecule has 0 saturated carbocycles. The third-order valence-corrected chi connectivity index (χ3v) is 2.33. The molecule has 0 bridgehead atoms. The Bertz CT molecular complexity index is 297. The summed E-state index contributed by atoms with van der Waals surface area (Å²) in [4.78, 5) is 0. The van der Waals surface area contributed by atoms with Crippen molar-refractivity contribution in [2.45, 2.75) is 32.6 Å². The number of aryl methyl sites for hydroxylation is 1. The average molecular weight is 162 g/mol. The fourth-order valence-corrected chi connectivity index (χ4v) is 1.65. The number of allylic oxidation sites excluding steroid dienone is 2. The van der Waals surface area contributed by atoms with E-state index in [1.165, 1.54) is 31.3 Å². The summed E-state index contributed by atoms with van der Waals surface area (Å²) in [6, 6.07) is 2.12. The lowest BCUT2D eigenvalue weighted by atomic mass is 9.97. The first-order chi connectivity index (χ1) is 5.86. The number of hydrogen-bond donors (Lipinski definition) is 1. The molecule has 1 aliphatic carbocycles. The van der Waals surface area contributed by atoms with Gasteiger partial charge in [0.1, 0.15) is 0 Å². The summed E-state index contributed by atoms with van der Waals surface area (Å²) in [5, 5.41) is 7.22. The van der Waals surface area contributed by atoms with Crippen LogP contribution in [-0.2, 0) is 0 Å². The summed E-state index contributed by atoms with van der Waals surface area (Å²) in [6.07, 6.45) is 7.40. The maximum atomic E-state index is 4.25. The highest BCUT2D eigenvalue weighted by molar-refractivity contribution is 5.63. The molecule has 0 spiro atoms. The number of nitrogens with one attached hydrogen (secondary N) is 1. The normalized spacial score (nSPS) is 17.6. The van der Waals surface area contributed by atoms with Crippen molar-refractivity contribution in [1.82, 2.24) is 10.2 Å².